The molecule has 0 spiro atoms. The summed E-state index contributed by atoms with van der Waals surface area (Å²) in [5, 5.41) is 9.78. The first-order valence-corrected chi connectivity index (χ1v) is 25.8. The number of aliphatic hydroxyl groups excluding tert-OH is 1. The number of hydrogen-bond acceptors (Lipinski definition) is 6. The van der Waals surface area contributed by atoms with Crippen LogP contribution in [0.4, 0.5) is 0 Å². The Balaban J connectivity index is 0. The van der Waals surface area contributed by atoms with Crippen LogP contribution in [0.15, 0.2) is 48.6 Å². The van der Waals surface area contributed by atoms with Crippen LogP contribution in [0.3, 0.4) is 0 Å². The zero-order valence-corrected chi connectivity index (χ0v) is 41.1. The minimum atomic E-state index is -0.578. The Hall–Kier alpha value is -2.18. The van der Waals surface area contributed by atoms with Crippen LogP contribution in [0.25, 0.3) is 0 Å². The molecule has 1 aliphatic rings. The Kier molecular flexibility index (Phi) is 47.8. The Morgan fingerprint density at radius 3 is 0.950 bits per heavy atom. The van der Waals surface area contributed by atoms with Gasteiger partial charge in [-0.25, -0.2) is 0 Å². The van der Waals surface area contributed by atoms with Crippen LogP contribution in [0, 0.1) is 11.8 Å². The quantitative estimate of drug-likeness (QED) is 0.0379. The van der Waals surface area contributed by atoms with Gasteiger partial charge in [-0.05, 0) is 128 Å². The number of ether oxygens (including phenoxy) is 2. The first kappa shape index (κ1) is 59.9. The van der Waals surface area contributed by atoms with Crippen molar-refractivity contribution in [2.24, 2.45) is 11.8 Å². The van der Waals surface area contributed by atoms with Gasteiger partial charge >= 0.3 is 11.9 Å². The molecule has 60 heavy (non-hydrogen) atoms. The number of rotatable bonds is 38. The first-order valence-electron chi connectivity index (χ1n) is 25.8. The van der Waals surface area contributed by atoms with Crippen LogP contribution < -0.4 is 0 Å². The van der Waals surface area contributed by atoms with Crippen molar-refractivity contribution in [2.75, 3.05) is 26.2 Å². The maximum Gasteiger partial charge on any atom is 0.311 e. The first-order chi connectivity index (χ1) is 29.5. The molecule has 0 radical (unpaired) electrons. The van der Waals surface area contributed by atoms with Gasteiger partial charge in [0, 0.05) is 19.6 Å². The van der Waals surface area contributed by atoms with E-state index < -0.39 is 11.8 Å². The SMILES string of the molecule is CC.CC.CCCCC/C=C\CCCC(CCC/C=C\CCCCC)OC(=O)C1CN(CCO)CC1C(=O)OC(CCC/C=C\CCCCC)CCC/C=C\CCCCC. The molecule has 0 aromatic carbocycles. The lowest BCUT2D eigenvalue weighted by Crippen LogP contribution is -2.35. The van der Waals surface area contributed by atoms with Crippen LogP contribution in [-0.2, 0) is 19.1 Å². The summed E-state index contributed by atoms with van der Waals surface area (Å²) in [5.74, 6) is -1.71. The van der Waals surface area contributed by atoms with E-state index in [4.69, 9.17) is 9.47 Å². The molecule has 0 saturated carbocycles. The molecule has 6 nitrogen and oxygen atoms in total. The van der Waals surface area contributed by atoms with E-state index in [2.05, 4.69) is 76.3 Å². The van der Waals surface area contributed by atoms with Gasteiger partial charge in [0.2, 0.25) is 0 Å². The highest BCUT2D eigenvalue weighted by Crippen LogP contribution is 2.29. The maximum absolute atomic E-state index is 14.0. The summed E-state index contributed by atoms with van der Waals surface area (Å²) >= 11 is 0. The number of likely N-dealkylation sites (tertiary alicyclic amines) is 1. The molecule has 1 saturated heterocycles. The number of hydrogen-bond donors (Lipinski definition) is 1. The van der Waals surface area contributed by atoms with E-state index >= 15 is 0 Å². The highest BCUT2D eigenvalue weighted by Gasteiger charge is 2.44. The van der Waals surface area contributed by atoms with Crippen LogP contribution in [0.5, 0.6) is 0 Å². The van der Waals surface area contributed by atoms with Crippen molar-refractivity contribution in [1.29, 1.82) is 0 Å². The Labute approximate surface area is 373 Å². The molecule has 1 heterocycles. The molecule has 1 aliphatic heterocycles. The van der Waals surface area contributed by atoms with E-state index in [0.717, 1.165) is 103 Å². The van der Waals surface area contributed by atoms with Gasteiger partial charge in [0.05, 0.1) is 18.4 Å². The Bertz CT molecular complexity index is 905. The lowest BCUT2D eigenvalue weighted by atomic mass is 9.95. The zero-order chi connectivity index (χ0) is 44.7. The largest absolute Gasteiger partial charge is 0.462 e. The highest BCUT2D eigenvalue weighted by atomic mass is 16.6. The summed E-state index contributed by atoms with van der Waals surface area (Å²) in [5.41, 5.74) is 0. The third kappa shape index (κ3) is 35.4. The predicted molar refractivity (Wildman–Crippen MR) is 261 cm³/mol. The molecule has 1 fully saturated rings. The smallest absolute Gasteiger partial charge is 0.311 e. The molecule has 2 unspecified atom stereocenters. The molecule has 0 bridgehead atoms. The summed E-state index contributed by atoms with van der Waals surface area (Å²) in [7, 11) is 0. The van der Waals surface area contributed by atoms with Crippen molar-refractivity contribution in [1.82, 2.24) is 4.90 Å². The molecular weight excluding hydrogens is 743 g/mol. The average molecular weight is 844 g/mol. The fraction of sp³-hybridized carbons (Fsp3) is 0.815. The maximum atomic E-state index is 14.0. The normalized spacial score (nSPS) is 15.7. The molecule has 2 atom stereocenters. The van der Waals surface area contributed by atoms with Gasteiger partial charge in [-0.1, -0.05) is 155 Å². The summed E-state index contributed by atoms with van der Waals surface area (Å²) in [6.07, 6.45) is 48.7. The second-order valence-electron chi connectivity index (χ2n) is 16.4. The van der Waals surface area contributed by atoms with Crippen LogP contribution in [-0.4, -0.2) is 60.4 Å². The van der Waals surface area contributed by atoms with Crippen molar-refractivity contribution >= 4 is 11.9 Å². The van der Waals surface area contributed by atoms with Gasteiger partial charge in [-0.2, -0.15) is 0 Å². The molecular formula is C54H101NO5. The highest BCUT2D eigenvalue weighted by molar-refractivity contribution is 5.83. The number of allylic oxidation sites excluding steroid dienone is 8. The minimum absolute atomic E-state index is 0.00929. The lowest BCUT2D eigenvalue weighted by Gasteiger charge is -2.24. The van der Waals surface area contributed by atoms with Gasteiger partial charge in [0.1, 0.15) is 12.2 Å². The third-order valence-electron chi connectivity index (χ3n) is 11.1. The zero-order valence-electron chi connectivity index (χ0n) is 41.1. The van der Waals surface area contributed by atoms with Gasteiger partial charge in [0.25, 0.3) is 0 Å². The van der Waals surface area contributed by atoms with Crippen molar-refractivity contribution in [2.45, 2.75) is 247 Å². The van der Waals surface area contributed by atoms with Crippen molar-refractivity contribution in [3.8, 4) is 0 Å². The van der Waals surface area contributed by atoms with Crippen LogP contribution in [0.2, 0.25) is 0 Å². The van der Waals surface area contributed by atoms with Gasteiger partial charge in [-0.3, -0.25) is 14.5 Å². The average Bonchev–Trinajstić information content (AvgIpc) is 3.70. The summed E-state index contributed by atoms with van der Waals surface area (Å²) in [6, 6.07) is 0. The molecule has 0 aromatic heterocycles. The number of carbonyl (C=O) groups is 2. The second kappa shape index (κ2) is 47.9. The predicted octanol–water partition coefficient (Wildman–Crippen LogP) is 15.6. The number of nitrogens with zero attached hydrogens (tertiary/aromatic N) is 1. The van der Waals surface area contributed by atoms with Gasteiger partial charge in [0.15, 0.2) is 0 Å². The number of esters is 2. The monoisotopic (exact) mass is 844 g/mol. The van der Waals surface area contributed by atoms with Crippen molar-refractivity contribution in [3.63, 3.8) is 0 Å². The minimum Gasteiger partial charge on any atom is -0.462 e. The standard InChI is InChI=1S/C50H89NO5.2C2H6/c1-5-9-13-17-21-25-29-33-37-45(38-34-30-26-22-18-14-10-6-2)55-49(53)47-43-51(41-42-52)44-48(47)50(54)56-46(39-35-31-27-23-19-15-11-7-3)40-36-32-28-24-20-16-12-8-4;2*1-2/h21-28,45-48,52H,5-20,29-44H2,1-4H3;2*1-2H3/b25-21-,26-22-,27-23-,28-24-;;. The Morgan fingerprint density at radius 2 is 0.717 bits per heavy atom. The topological polar surface area (TPSA) is 76.1 Å². The van der Waals surface area contributed by atoms with Gasteiger partial charge in [-0.15, -0.1) is 0 Å². The third-order valence-corrected chi connectivity index (χ3v) is 11.1. The lowest BCUT2D eigenvalue weighted by molar-refractivity contribution is -0.165. The number of unbranched alkanes of at least 4 members (excludes halogenated alkanes) is 16. The van der Waals surface area contributed by atoms with Crippen LogP contribution in [0.1, 0.15) is 235 Å². The molecule has 1 N–H and O–H groups in total. The summed E-state index contributed by atoms with van der Waals surface area (Å²) in [4.78, 5) is 30.0. The van der Waals surface area contributed by atoms with Crippen molar-refractivity contribution < 1.29 is 24.2 Å². The summed E-state index contributed by atoms with van der Waals surface area (Å²) in [6.45, 7) is 18.2. The van der Waals surface area contributed by atoms with E-state index in [-0.39, 0.29) is 30.8 Å². The van der Waals surface area contributed by atoms with Crippen LogP contribution >= 0.6 is 0 Å². The molecule has 6 heteroatoms. The molecule has 1 rings (SSSR count). The molecule has 0 aromatic rings. The number of β-amino-alcohol motifs (C(OH)–C–C–N with tert-alkyl or cyclic N) is 1. The summed E-state index contributed by atoms with van der Waals surface area (Å²) < 4.78 is 12.6. The Morgan fingerprint density at radius 1 is 0.467 bits per heavy atom. The van der Waals surface area contributed by atoms with E-state index in [1.807, 2.05) is 32.6 Å². The number of carbonyl (C=O) groups excluding carboxylic acids is 2. The molecule has 0 aliphatic carbocycles. The fourth-order valence-corrected chi connectivity index (χ4v) is 7.56. The van der Waals surface area contributed by atoms with E-state index in [9.17, 15) is 14.7 Å². The van der Waals surface area contributed by atoms with E-state index in [0.29, 0.717) is 19.6 Å². The second-order valence-corrected chi connectivity index (χ2v) is 16.4. The van der Waals surface area contributed by atoms with Gasteiger partial charge < -0.3 is 14.6 Å². The van der Waals surface area contributed by atoms with Crippen molar-refractivity contribution in [3.05, 3.63) is 48.6 Å². The molecule has 0 amide bonds. The van der Waals surface area contributed by atoms with E-state index in [1.165, 1.54) is 77.0 Å². The van der Waals surface area contributed by atoms with E-state index in [1.54, 1.807) is 0 Å². The number of aliphatic hydroxyl groups is 1. The molecule has 352 valence electrons. The fourth-order valence-electron chi connectivity index (χ4n) is 7.56.